The number of carboxylic acid groups (broad SMARTS) is 1. The van der Waals surface area contributed by atoms with Gasteiger partial charge in [0.1, 0.15) is 28.0 Å². The van der Waals surface area contributed by atoms with Gasteiger partial charge in [0.25, 0.3) is 0 Å². The number of carboxylic acids is 1. The Hall–Kier alpha value is -1.87. The normalized spacial score (nSPS) is 26.5. The van der Waals surface area contributed by atoms with Gasteiger partial charge in [0.05, 0.1) is 7.11 Å². The van der Waals surface area contributed by atoms with Gasteiger partial charge < -0.3 is 14.3 Å². The van der Waals surface area contributed by atoms with Gasteiger partial charge in [-0.05, 0) is 39.0 Å². The summed E-state index contributed by atoms with van der Waals surface area (Å²) in [5.41, 5.74) is -0.159. The molecule has 2 aliphatic rings. The Morgan fingerprint density at radius 3 is 2.46 bits per heavy atom. The van der Waals surface area contributed by atoms with E-state index in [-0.39, 0.29) is 33.9 Å². The summed E-state index contributed by atoms with van der Waals surface area (Å²) in [5.74, 6) is -1.76. The highest BCUT2D eigenvalue weighted by Gasteiger charge is 2.52. The molecule has 1 saturated heterocycles. The maximum absolute atomic E-state index is 13.5. The van der Waals surface area contributed by atoms with Crippen LogP contribution < -0.4 is 0 Å². The molecule has 1 aromatic heterocycles. The van der Waals surface area contributed by atoms with Gasteiger partial charge in [0.15, 0.2) is 0 Å². The summed E-state index contributed by atoms with van der Waals surface area (Å²) in [4.78, 5) is 23.6. The lowest BCUT2D eigenvalue weighted by molar-refractivity contribution is -0.141. The molecule has 8 nitrogen and oxygen atoms in total. The van der Waals surface area contributed by atoms with E-state index in [0.29, 0.717) is 12.8 Å². The van der Waals surface area contributed by atoms with Crippen LogP contribution in [0.15, 0.2) is 9.31 Å². The molecule has 3 atom stereocenters. The van der Waals surface area contributed by atoms with Crippen molar-refractivity contribution < 1.29 is 32.3 Å². The van der Waals surface area contributed by atoms with Crippen molar-refractivity contribution >= 4 is 22.0 Å². The van der Waals surface area contributed by atoms with Crippen LogP contribution in [0, 0.1) is 19.8 Å². The zero-order valence-corrected chi connectivity index (χ0v) is 15.8. The van der Waals surface area contributed by atoms with E-state index >= 15 is 0 Å². The number of rotatable bonds is 4. The molecule has 144 valence electrons. The summed E-state index contributed by atoms with van der Waals surface area (Å²) in [6.07, 6.45) is 3.55. The maximum atomic E-state index is 13.5. The molecule has 3 rings (SSSR count). The average molecular weight is 385 g/mol. The zero-order chi connectivity index (χ0) is 19.2. The van der Waals surface area contributed by atoms with Crippen LogP contribution in [0.25, 0.3) is 0 Å². The highest BCUT2D eigenvalue weighted by molar-refractivity contribution is 7.89. The molecule has 26 heavy (non-hydrogen) atoms. The number of fused-ring (bicyclic) bond motifs is 1. The number of methoxy groups -OCH3 is 1. The average Bonchev–Trinajstić information content (AvgIpc) is 3.12. The van der Waals surface area contributed by atoms with Gasteiger partial charge in [0.2, 0.25) is 10.0 Å². The van der Waals surface area contributed by atoms with Crippen LogP contribution in [-0.2, 0) is 19.6 Å². The van der Waals surface area contributed by atoms with Crippen LogP contribution in [0.1, 0.15) is 54.0 Å². The first-order valence-corrected chi connectivity index (χ1v) is 10.1. The lowest BCUT2D eigenvalue weighted by Crippen LogP contribution is -2.46. The van der Waals surface area contributed by atoms with Gasteiger partial charge in [-0.25, -0.2) is 13.2 Å². The molecular weight excluding hydrogens is 362 g/mol. The molecule has 0 radical (unpaired) electrons. The van der Waals surface area contributed by atoms with Crippen molar-refractivity contribution in [1.29, 1.82) is 0 Å². The second-order valence-electron chi connectivity index (χ2n) is 6.95. The smallest absolute Gasteiger partial charge is 0.342 e. The number of furan rings is 1. The maximum Gasteiger partial charge on any atom is 0.342 e. The SMILES string of the molecule is COC(=O)c1c(C)oc(C)c1S(=O)(=O)N1C(C(=O)O)CC2CCCCC21. The lowest BCUT2D eigenvalue weighted by atomic mass is 9.85. The van der Waals surface area contributed by atoms with Crippen LogP contribution in [-0.4, -0.2) is 49.0 Å². The Kier molecular flexibility index (Phi) is 4.87. The van der Waals surface area contributed by atoms with Gasteiger partial charge in [-0.15, -0.1) is 0 Å². The number of hydrogen-bond donors (Lipinski definition) is 1. The van der Waals surface area contributed by atoms with E-state index in [1.807, 2.05) is 0 Å². The third-order valence-electron chi connectivity index (χ3n) is 5.44. The number of ether oxygens (including phenoxy) is 1. The second-order valence-corrected chi connectivity index (χ2v) is 8.73. The van der Waals surface area contributed by atoms with Crippen molar-refractivity contribution in [1.82, 2.24) is 4.31 Å². The number of esters is 1. The molecule has 0 bridgehead atoms. The Balaban J connectivity index is 2.15. The van der Waals surface area contributed by atoms with Crippen molar-refractivity contribution in [2.45, 2.75) is 62.9 Å². The second kappa shape index (κ2) is 6.70. The summed E-state index contributed by atoms with van der Waals surface area (Å²) in [6, 6.07) is -1.50. The molecule has 2 fully saturated rings. The molecule has 1 aromatic rings. The monoisotopic (exact) mass is 385 g/mol. The van der Waals surface area contributed by atoms with E-state index in [0.717, 1.165) is 30.7 Å². The van der Waals surface area contributed by atoms with E-state index < -0.39 is 28.0 Å². The fourth-order valence-electron chi connectivity index (χ4n) is 4.39. The fourth-order valence-corrected chi connectivity index (χ4v) is 6.64. The highest BCUT2D eigenvalue weighted by Crippen LogP contribution is 2.44. The first kappa shape index (κ1) is 18.9. The fraction of sp³-hybridized carbons (Fsp3) is 0.647. The quantitative estimate of drug-likeness (QED) is 0.789. The molecule has 1 N–H and O–H groups in total. The van der Waals surface area contributed by atoms with Crippen molar-refractivity contribution in [2.24, 2.45) is 5.92 Å². The van der Waals surface area contributed by atoms with E-state index in [9.17, 15) is 23.1 Å². The Labute approximate surface area is 152 Å². The van der Waals surface area contributed by atoms with Gasteiger partial charge >= 0.3 is 11.9 Å². The molecule has 0 spiro atoms. The summed E-state index contributed by atoms with van der Waals surface area (Å²) in [6.45, 7) is 2.94. The molecule has 0 amide bonds. The van der Waals surface area contributed by atoms with Gasteiger partial charge in [-0.2, -0.15) is 4.31 Å². The summed E-state index contributed by atoms with van der Waals surface area (Å²) < 4.78 is 38.2. The van der Waals surface area contributed by atoms with Crippen LogP contribution in [0.5, 0.6) is 0 Å². The van der Waals surface area contributed by atoms with Crippen molar-refractivity contribution in [3.8, 4) is 0 Å². The first-order valence-electron chi connectivity index (χ1n) is 8.64. The minimum atomic E-state index is -4.24. The number of aliphatic carboxylic acids is 1. The molecule has 0 aromatic carbocycles. The standard InChI is InChI=1S/C17H23NO7S/c1-9-14(17(21)24-3)15(10(2)25-9)26(22,23)18-12-7-5-4-6-11(12)8-13(18)16(19)20/h11-13H,4-8H2,1-3H3,(H,19,20). The molecule has 3 unspecified atom stereocenters. The number of hydrogen-bond acceptors (Lipinski definition) is 6. The molecule has 9 heteroatoms. The Morgan fingerprint density at radius 1 is 1.19 bits per heavy atom. The molecule has 1 saturated carbocycles. The topological polar surface area (TPSA) is 114 Å². The molecular formula is C17H23NO7S. The zero-order valence-electron chi connectivity index (χ0n) is 15.0. The van der Waals surface area contributed by atoms with E-state index in [1.165, 1.54) is 13.8 Å². The van der Waals surface area contributed by atoms with Gasteiger partial charge in [-0.1, -0.05) is 12.8 Å². The van der Waals surface area contributed by atoms with Crippen LogP contribution in [0.2, 0.25) is 0 Å². The van der Waals surface area contributed by atoms with Crippen LogP contribution in [0.4, 0.5) is 0 Å². The Bertz CT molecular complexity index is 842. The van der Waals surface area contributed by atoms with Crippen molar-refractivity contribution in [3.63, 3.8) is 0 Å². The van der Waals surface area contributed by atoms with Crippen molar-refractivity contribution in [2.75, 3.05) is 7.11 Å². The van der Waals surface area contributed by atoms with Crippen LogP contribution >= 0.6 is 0 Å². The molecule has 1 aliphatic heterocycles. The van der Waals surface area contributed by atoms with Gasteiger partial charge in [-0.3, -0.25) is 4.79 Å². The number of sulfonamides is 1. The minimum absolute atomic E-state index is 0.0227. The number of carbonyl (C=O) groups excluding carboxylic acids is 1. The van der Waals surface area contributed by atoms with E-state index in [2.05, 4.69) is 0 Å². The van der Waals surface area contributed by atoms with E-state index in [4.69, 9.17) is 9.15 Å². The molecule has 1 aliphatic carbocycles. The third kappa shape index (κ3) is 2.83. The van der Waals surface area contributed by atoms with Crippen LogP contribution in [0.3, 0.4) is 0 Å². The molecule has 2 heterocycles. The minimum Gasteiger partial charge on any atom is -0.480 e. The Morgan fingerprint density at radius 2 is 1.85 bits per heavy atom. The summed E-state index contributed by atoms with van der Waals surface area (Å²) in [5, 5.41) is 9.62. The van der Waals surface area contributed by atoms with Gasteiger partial charge in [0, 0.05) is 6.04 Å². The summed E-state index contributed by atoms with van der Waals surface area (Å²) >= 11 is 0. The van der Waals surface area contributed by atoms with Crippen molar-refractivity contribution in [3.05, 3.63) is 17.1 Å². The third-order valence-corrected chi connectivity index (χ3v) is 7.53. The number of aryl methyl sites for hydroxylation is 2. The summed E-state index contributed by atoms with van der Waals surface area (Å²) in [7, 11) is -3.08. The lowest BCUT2D eigenvalue weighted by Gasteiger charge is -2.32. The number of nitrogens with zero attached hydrogens (tertiary/aromatic N) is 1. The highest BCUT2D eigenvalue weighted by atomic mass is 32.2. The largest absolute Gasteiger partial charge is 0.480 e. The predicted molar refractivity (Wildman–Crippen MR) is 90.3 cm³/mol. The number of carbonyl (C=O) groups is 2. The van der Waals surface area contributed by atoms with E-state index in [1.54, 1.807) is 0 Å². The predicted octanol–water partition coefficient (Wildman–Crippen LogP) is 2.09. The first-order chi connectivity index (χ1) is 12.2.